The summed E-state index contributed by atoms with van der Waals surface area (Å²) in [5.41, 5.74) is 5.99. The molecule has 0 unspecified atom stereocenters. The minimum atomic E-state index is 0.520. The highest BCUT2D eigenvalue weighted by molar-refractivity contribution is 6.17. The van der Waals surface area contributed by atoms with Gasteiger partial charge in [-0.3, -0.25) is 0 Å². The van der Waals surface area contributed by atoms with Crippen molar-refractivity contribution >= 4 is 50.6 Å². The third-order valence-corrected chi connectivity index (χ3v) is 6.11. The Labute approximate surface area is 170 Å². The van der Waals surface area contributed by atoms with Gasteiger partial charge in [-0.25, -0.2) is 0 Å². The van der Waals surface area contributed by atoms with Crippen LogP contribution in [0.4, 0.5) is 0 Å². The van der Waals surface area contributed by atoms with Crippen molar-refractivity contribution in [3.05, 3.63) is 89.0 Å². The van der Waals surface area contributed by atoms with E-state index in [2.05, 4.69) is 93.4 Å². The van der Waals surface area contributed by atoms with Crippen LogP contribution in [0.3, 0.4) is 0 Å². The van der Waals surface area contributed by atoms with E-state index in [1.54, 1.807) is 6.08 Å². The molecule has 0 amide bonds. The molecule has 0 aliphatic heterocycles. The Morgan fingerprint density at radius 3 is 2.45 bits per heavy atom. The van der Waals surface area contributed by atoms with Gasteiger partial charge in [0.2, 0.25) is 0 Å². The molecule has 0 bridgehead atoms. The zero-order valence-corrected chi connectivity index (χ0v) is 17.3. The molecule has 0 aliphatic rings. The number of allylic oxidation sites excluding steroid dienone is 2. The summed E-state index contributed by atoms with van der Waals surface area (Å²) in [7, 11) is 0. The predicted octanol–water partition coefficient (Wildman–Crippen LogP) is 6.20. The number of rotatable bonds is 3. The van der Waals surface area contributed by atoms with Crippen molar-refractivity contribution in [1.29, 1.82) is 0 Å². The van der Waals surface area contributed by atoms with E-state index < -0.39 is 0 Å². The van der Waals surface area contributed by atoms with Crippen molar-refractivity contribution in [2.75, 3.05) is 0 Å². The number of aryl methyl sites for hydroxylation is 1. The van der Waals surface area contributed by atoms with Gasteiger partial charge in [0.1, 0.15) is 0 Å². The van der Waals surface area contributed by atoms with Crippen LogP contribution in [0.15, 0.2) is 67.3 Å². The fourth-order valence-corrected chi connectivity index (χ4v) is 4.55. The number of fused-ring (bicyclic) bond motifs is 4. The molecule has 1 heteroatoms. The zero-order chi connectivity index (χ0) is 20.4. The van der Waals surface area contributed by atoms with E-state index in [1.807, 2.05) is 0 Å². The molecule has 0 radical (unpaired) electrons. The van der Waals surface area contributed by atoms with E-state index in [4.69, 9.17) is 0 Å². The topological polar surface area (TPSA) is 4.41 Å². The summed E-state index contributed by atoms with van der Waals surface area (Å²) < 4.78 is 2.35. The molecule has 0 saturated heterocycles. The Morgan fingerprint density at radius 2 is 1.72 bits per heavy atom. The third-order valence-electron chi connectivity index (χ3n) is 6.11. The van der Waals surface area contributed by atoms with Crippen molar-refractivity contribution in [1.82, 2.24) is 4.40 Å². The second-order valence-corrected chi connectivity index (χ2v) is 8.46. The monoisotopic (exact) mass is 375 g/mol. The minimum absolute atomic E-state index is 0.520. The van der Waals surface area contributed by atoms with Gasteiger partial charge < -0.3 is 4.40 Å². The maximum absolute atomic E-state index is 4.41. The van der Waals surface area contributed by atoms with Gasteiger partial charge in [0.25, 0.3) is 0 Å². The summed E-state index contributed by atoms with van der Waals surface area (Å²) in [5.74, 6) is 0.520. The number of benzene rings is 3. The SMILES string of the molecule is C=CC(=C)/C=c1\c(=C)c2cc(C)cc3c4cc5cc(C(C)C)ccc5cc4n1c23. The van der Waals surface area contributed by atoms with E-state index in [0.29, 0.717) is 5.92 Å². The van der Waals surface area contributed by atoms with Gasteiger partial charge in [-0.05, 0) is 70.7 Å². The lowest BCUT2D eigenvalue weighted by Crippen LogP contribution is -2.24. The molecular weight excluding hydrogens is 350 g/mol. The Balaban J connectivity index is 2.05. The summed E-state index contributed by atoms with van der Waals surface area (Å²) in [6, 6.07) is 16.0. The second-order valence-electron chi connectivity index (χ2n) is 8.46. The van der Waals surface area contributed by atoms with Crippen LogP contribution in [0.1, 0.15) is 30.9 Å². The molecule has 0 atom stereocenters. The lowest BCUT2D eigenvalue weighted by atomic mass is 9.97. The van der Waals surface area contributed by atoms with Crippen LogP contribution in [0.2, 0.25) is 0 Å². The summed E-state index contributed by atoms with van der Waals surface area (Å²) in [6.07, 6.45) is 3.88. The molecule has 2 aromatic heterocycles. The molecular formula is C28H25N. The highest BCUT2D eigenvalue weighted by Gasteiger charge is 2.16. The largest absolute Gasteiger partial charge is 0.308 e. The van der Waals surface area contributed by atoms with Crippen molar-refractivity contribution in [2.45, 2.75) is 26.7 Å². The fraction of sp³-hybridized carbons (Fsp3) is 0.143. The maximum Gasteiger partial charge on any atom is 0.0620 e. The number of nitrogens with zero attached hydrogens (tertiary/aromatic N) is 1. The molecule has 5 aromatic rings. The molecule has 29 heavy (non-hydrogen) atoms. The molecule has 0 saturated carbocycles. The van der Waals surface area contributed by atoms with Crippen LogP contribution in [0.5, 0.6) is 0 Å². The fourth-order valence-electron chi connectivity index (χ4n) is 4.55. The number of hydrogen-bond acceptors (Lipinski definition) is 0. The first kappa shape index (κ1) is 17.8. The summed E-state index contributed by atoms with van der Waals surface area (Å²) in [5, 5.41) is 8.50. The summed E-state index contributed by atoms with van der Waals surface area (Å²) in [4.78, 5) is 0. The van der Waals surface area contributed by atoms with Crippen LogP contribution < -0.4 is 10.6 Å². The quantitative estimate of drug-likeness (QED) is 0.331. The Hall–Kier alpha value is -3.32. The normalized spacial score (nSPS) is 12.9. The van der Waals surface area contributed by atoms with Crippen molar-refractivity contribution in [3.8, 4) is 0 Å². The van der Waals surface area contributed by atoms with Crippen LogP contribution >= 0.6 is 0 Å². The van der Waals surface area contributed by atoms with Gasteiger partial charge in [-0.1, -0.05) is 57.9 Å². The minimum Gasteiger partial charge on any atom is -0.308 e. The number of hydrogen-bond donors (Lipinski definition) is 0. The average molecular weight is 376 g/mol. The highest BCUT2D eigenvalue weighted by Crippen LogP contribution is 2.34. The summed E-state index contributed by atoms with van der Waals surface area (Å²) in [6.45, 7) is 19.0. The molecule has 3 aromatic carbocycles. The lowest BCUT2D eigenvalue weighted by molar-refractivity contribution is 0.869. The van der Waals surface area contributed by atoms with Gasteiger partial charge >= 0.3 is 0 Å². The van der Waals surface area contributed by atoms with Gasteiger partial charge in [-0.2, -0.15) is 0 Å². The number of aromatic nitrogens is 1. The summed E-state index contributed by atoms with van der Waals surface area (Å²) >= 11 is 0. The first-order valence-corrected chi connectivity index (χ1v) is 10.1. The van der Waals surface area contributed by atoms with Crippen molar-refractivity contribution < 1.29 is 0 Å². The maximum atomic E-state index is 4.41. The first-order valence-electron chi connectivity index (χ1n) is 10.1. The van der Waals surface area contributed by atoms with Gasteiger partial charge in [0.05, 0.1) is 16.4 Å². The van der Waals surface area contributed by atoms with Gasteiger partial charge in [-0.15, -0.1) is 0 Å². The van der Waals surface area contributed by atoms with E-state index in [1.165, 1.54) is 49.1 Å². The standard InChI is InChI=1S/C28H25N/c1-7-17(4)12-26-19(6)23-10-18(5)11-25-24-14-22-13-20(16(2)3)8-9-21(22)15-27(24)29(26)28(23)25/h7-16H,1,4,6H2,2-3,5H3/b26-12+. The van der Waals surface area contributed by atoms with E-state index in [-0.39, 0.29) is 0 Å². The van der Waals surface area contributed by atoms with Crippen molar-refractivity contribution in [2.24, 2.45) is 0 Å². The molecule has 5 rings (SSSR count). The van der Waals surface area contributed by atoms with Crippen LogP contribution in [-0.4, -0.2) is 4.40 Å². The lowest BCUT2D eigenvalue weighted by Gasteiger charge is -2.07. The van der Waals surface area contributed by atoms with E-state index in [9.17, 15) is 0 Å². The zero-order valence-electron chi connectivity index (χ0n) is 17.3. The van der Waals surface area contributed by atoms with Gasteiger partial charge in [0.15, 0.2) is 0 Å². The molecule has 0 N–H and O–H groups in total. The Morgan fingerprint density at radius 1 is 0.966 bits per heavy atom. The molecule has 0 aliphatic carbocycles. The van der Waals surface area contributed by atoms with Crippen LogP contribution in [0.25, 0.3) is 50.6 Å². The Kier molecular flexibility index (Phi) is 3.73. The van der Waals surface area contributed by atoms with E-state index >= 15 is 0 Å². The van der Waals surface area contributed by atoms with Crippen LogP contribution in [-0.2, 0) is 0 Å². The van der Waals surface area contributed by atoms with E-state index in [0.717, 1.165) is 16.1 Å². The third kappa shape index (κ3) is 2.47. The highest BCUT2D eigenvalue weighted by atomic mass is 14.9. The van der Waals surface area contributed by atoms with Crippen molar-refractivity contribution in [3.63, 3.8) is 0 Å². The average Bonchev–Trinajstić information content (AvgIpc) is 3.15. The van der Waals surface area contributed by atoms with Crippen LogP contribution in [0, 0.1) is 6.92 Å². The Bertz CT molecular complexity index is 1570. The smallest absolute Gasteiger partial charge is 0.0620 e. The first-order chi connectivity index (χ1) is 13.9. The molecule has 0 spiro atoms. The second kappa shape index (κ2) is 6.09. The molecule has 1 nitrogen and oxygen atoms in total. The predicted molar refractivity (Wildman–Crippen MR) is 129 cm³/mol. The molecule has 0 fully saturated rings. The molecule has 2 heterocycles. The van der Waals surface area contributed by atoms with Gasteiger partial charge in [0, 0.05) is 21.4 Å². The molecule has 142 valence electrons.